The van der Waals surface area contributed by atoms with Crippen molar-refractivity contribution in [3.63, 3.8) is 0 Å². The van der Waals surface area contributed by atoms with Gasteiger partial charge in [-0.2, -0.15) is 10.6 Å². The molecule has 4 N–H and O–H groups in total. The molecule has 2 rings (SSSR count). The molecule has 1 aromatic carbocycles. The van der Waals surface area contributed by atoms with Crippen LogP contribution in [0.1, 0.15) is 32.8 Å². The van der Waals surface area contributed by atoms with Crippen LogP contribution < -0.4 is 11.6 Å². The highest BCUT2D eigenvalue weighted by Gasteiger charge is 2.47. The van der Waals surface area contributed by atoms with Crippen LogP contribution in [0, 0.1) is 5.92 Å². The van der Waals surface area contributed by atoms with Crippen molar-refractivity contribution in [2.75, 3.05) is 13.1 Å². The van der Waals surface area contributed by atoms with E-state index in [9.17, 15) is 9.59 Å². The summed E-state index contributed by atoms with van der Waals surface area (Å²) in [6.07, 6.45) is -0.149. The lowest BCUT2D eigenvalue weighted by atomic mass is 9.92. The first kappa shape index (κ1) is 19.4. The summed E-state index contributed by atoms with van der Waals surface area (Å²) >= 11 is 0. The molecule has 3 unspecified atom stereocenters. The maximum absolute atomic E-state index is 12.3. The van der Waals surface area contributed by atoms with Gasteiger partial charge in [-0.1, -0.05) is 30.3 Å². The monoisotopic (exact) mass is 350 g/mol. The molecule has 0 aromatic heterocycles. The molecule has 1 saturated heterocycles. The van der Waals surface area contributed by atoms with E-state index in [4.69, 9.17) is 21.1 Å². The lowest BCUT2D eigenvalue weighted by Gasteiger charge is -2.39. The predicted molar refractivity (Wildman–Crippen MR) is 92.7 cm³/mol. The molecule has 0 bridgehead atoms. The van der Waals surface area contributed by atoms with Crippen molar-refractivity contribution >= 4 is 12.1 Å². The molecule has 7 nitrogen and oxygen atoms in total. The van der Waals surface area contributed by atoms with E-state index < -0.39 is 28.2 Å². The molecule has 1 amide bonds. The van der Waals surface area contributed by atoms with Crippen molar-refractivity contribution in [3.8, 4) is 0 Å². The van der Waals surface area contributed by atoms with Crippen LogP contribution in [0.15, 0.2) is 30.3 Å². The first-order valence-electron chi connectivity index (χ1n) is 8.46. The van der Waals surface area contributed by atoms with Crippen molar-refractivity contribution in [1.29, 1.82) is 0 Å². The molecule has 1 aliphatic rings. The van der Waals surface area contributed by atoms with E-state index >= 15 is 0 Å². The third-order valence-corrected chi connectivity index (χ3v) is 4.18. The van der Waals surface area contributed by atoms with Crippen LogP contribution in [-0.2, 0) is 20.9 Å². The topological polar surface area (TPSA) is 105 Å². The maximum atomic E-state index is 12.3. The first-order chi connectivity index (χ1) is 11.6. The average Bonchev–Trinajstić information content (AvgIpc) is 2.52. The number of hydrogen-bond donors (Lipinski definition) is 2. The Morgan fingerprint density at radius 3 is 2.44 bits per heavy atom. The summed E-state index contributed by atoms with van der Waals surface area (Å²) in [7, 11) is 0. The van der Waals surface area contributed by atoms with Gasteiger partial charge in [0, 0.05) is 6.42 Å². The van der Waals surface area contributed by atoms with Crippen LogP contribution in [0.25, 0.3) is 0 Å². The van der Waals surface area contributed by atoms with Crippen LogP contribution in [0.2, 0.25) is 0 Å². The van der Waals surface area contributed by atoms with Crippen LogP contribution in [-0.4, -0.2) is 41.4 Å². The lowest BCUT2D eigenvalue weighted by Crippen LogP contribution is -2.69. The molecule has 25 heavy (non-hydrogen) atoms. The molecule has 1 heterocycles. The SMILES string of the molecule is CC(C)(C)OC(=O)[N+]1(N)CCC(C(=O)OCc2ccccc2)C(N)C1. The third-order valence-electron chi connectivity index (χ3n) is 4.18. The summed E-state index contributed by atoms with van der Waals surface area (Å²) in [5.41, 5.74) is 6.41. The normalized spacial score (nSPS) is 26.8. The zero-order chi connectivity index (χ0) is 18.7. The fraction of sp³-hybridized carbons (Fsp3) is 0.556. The molecule has 1 fully saturated rings. The van der Waals surface area contributed by atoms with E-state index in [1.807, 2.05) is 30.3 Å². The molecule has 0 spiro atoms. The highest BCUT2D eigenvalue weighted by Crippen LogP contribution is 2.24. The van der Waals surface area contributed by atoms with Crippen molar-refractivity contribution < 1.29 is 23.7 Å². The highest BCUT2D eigenvalue weighted by atomic mass is 16.6. The van der Waals surface area contributed by atoms with Crippen LogP contribution in [0.4, 0.5) is 4.79 Å². The van der Waals surface area contributed by atoms with Crippen molar-refractivity contribution in [3.05, 3.63) is 35.9 Å². The predicted octanol–water partition coefficient (Wildman–Crippen LogP) is 1.70. The van der Waals surface area contributed by atoms with Gasteiger partial charge in [0.15, 0.2) is 0 Å². The second-order valence-electron chi connectivity index (χ2n) is 7.57. The van der Waals surface area contributed by atoms with Gasteiger partial charge < -0.3 is 15.2 Å². The maximum Gasteiger partial charge on any atom is 0.536 e. The second-order valence-corrected chi connectivity index (χ2v) is 7.57. The quantitative estimate of drug-likeness (QED) is 0.372. The Labute approximate surface area is 148 Å². The summed E-state index contributed by atoms with van der Waals surface area (Å²) in [5, 5.41) is 0. The van der Waals surface area contributed by atoms with Crippen molar-refractivity contribution in [2.45, 2.75) is 45.4 Å². The number of amides is 1. The van der Waals surface area contributed by atoms with Gasteiger partial charge in [-0.15, -0.1) is 4.59 Å². The van der Waals surface area contributed by atoms with E-state index in [1.165, 1.54) is 0 Å². The van der Waals surface area contributed by atoms with Gasteiger partial charge in [0.25, 0.3) is 0 Å². The van der Waals surface area contributed by atoms with Crippen molar-refractivity contribution in [1.82, 2.24) is 0 Å². The number of esters is 1. The minimum atomic E-state index is -0.628. The van der Waals surface area contributed by atoms with Gasteiger partial charge in [0.1, 0.15) is 25.3 Å². The molecule has 138 valence electrons. The average molecular weight is 350 g/mol. The van der Waals surface area contributed by atoms with Crippen molar-refractivity contribution in [2.24, 2.45) is 17.5 Å². The summed E-state index contributed by atoms with van der Waals surface area (Å²) in [6.45, 7) is 5.98. The zero-order valence-corrected chi connectivity index (χ0v) is 15.1. The molecule has 0 radical (unpaired) electrons. The first-order valence-corrected chi connectivity index (χ1v) is 8.46. The van der Waals surface area contributed by atoms with Gasteiger partial charge in [-0.3, -0.25) is 4.79 Å². The van der Waals surface area contributed by atoms with E-state index in [-0.39, 0.29) is 25.7 Å². The third kappa shape index (κ3) is 5.26. The Hall–Kier alpha value is -1.96. The van der Waals surface area contributed by atoms with Crippen LogP contribution >= 0.6 is 0 Å². The Kier molecular flexibility index (Phi) is 5.82. The minimum Gasteiger partial charge on any atom is -0.461 e. The minimum absolute atomic E-state index is 0.139. The number of ether oxygens (including phenoxy) is 2. The number of hydrogen-bond acceptors (Lipinski definition) is 6. The number of carbonyl (C=O) groups excluding carboxylic acids is 2. The fourth-order valence-electron chi connectivity index (χ4n) is 2.83. The molecule has 1 aromatic rings. The Balaban J connectivity index is 1.92. The van der Waals surface area contributed by atoms with E-state index in [0.717, 1.165) is 5.56 Å². The largest absolute Gasteiger partial charge is 0.536 e. The number of carbonyl (C=O) groups is 2. The van der Waals surface area contributed by atoms with E-state index in [1.54, 1.807) is 20.8 Å². The highest BCUT2D eigenvalue weighted by molar-refractivity contribution is 5.73. The molecule has 3 atom stereocenters. The lowest BCUT2D eigenvalue weighted by molar-refractivity contribution is -0.877. The summed E-state index contributed by atoms with van der Waals surface area (Å²) in [4.78, 5) is 24.6. The summed E-state index contributed by atoms with van der Waals surface area (Å²) < 4.78 is 10.3. The zero-order valence-electron chi connectivity index (χ0n) is 15.1. The number of benzene rings is 1. The molecule has 7 heteroatoms. The molecule has 1 aliphatic heterocycles. The molecular formula is C18H28N3O4+. The van der Waals surface area contributed by atoms with Crippen LogP contribution in [0.5, 0.6) is 0 Å². The number of nitrogens with zero attached hydrogens (tertiary/aromatic N) is 1. The Morgan fingerprint density at radius 1 is 1.24 bits per heavy atom. The van der Waals surface area contributed by atoms with Gasteiger partial charge in [-0.05, 0) is 26.3 Å². The summed E-state index contributed by atoms with van der Waals surface area (Å²) in [5.74, 6) is 5.33. The number of piperidine rings is 1. The number of quaternary nitrogens is 1. The Morgan fingerprint density at radius 2 is 1.88 bits per heavy atom. The Bertz CT molecular complexity index is 614. The van der Waals surface area contributed by atoms with E-state index in [0.29, 0.717) is 6.42 Å². The van der Waals surface area contributed by atoms with Gasteiger partial charge in [-0.25, -0.2) is 0 Å². The number of nitrogens with two attached hydrogens (primary N) is 2. The molecule has 0 aliphatic carbocycles. The number of likely N-dealkylation sites (tertiary alicyclic amines) is 1. The number of rotatable bonds is 3. The van der Waals surface area contributed by atoms with E-state index in [2.05, 4.69) is 0 Å². The van der Waals surface area contributed by atoms with Gasteiger partial charge in [0.2, 0.25) is 0 Å². The van der Waals surface area contributed by atoms with Crippen LogP contribution in [0.3, 0.4) is 0 Å². The van der Waals surface area contributed by atoms with Gasteiger partial charge >= 0.3 is 12.1 Å². The fourth-order valence-corrected chi connectivity index (χ4v) is 2.83. The summed E-state index contributed by atoms with van der Waals surface area (Å²) in [6, 6.07) is 8.89. The smallest absolute Gasteiger partial charge is 0.461 e. The standard InChI is InChI=1S/C18H28N3O4/c1-18(2,3)25-17(23)21(20)10-9-14(15(19)11-21)16(22)24-12-13-7-5-4-6-8-13/h4-8,14-15H,9-12,19-20H2,1-3H3/q+1. The van der Waals surface area contributed by atoms with Gasteiger partial charge in [0.05, 0.1) is 12.0 Å². The molecule has 0 saturated carbocycles. The second kappa shape index (κ2) is 7.51. The molecular weight excluding hydrogens is 322 g/mol.